The van der Waals surface area contributed by atoms with Gasteiger partial charge >= 0.3 is 0 Å². The summed E-state index contributed by atoms with van der Waals surface area (Å²) in [5.41, 5.74) is 9.18. The number of nitrogens with zero attached hydrogens (tertiary/aromatic N) is 1. The van der Waals surface area contributed by atoms with Crippen LogP contribution in [0.15, 0.2) is 24.3 Å². The third kappa shape index (κ3) is 2.44. The third-order valence-electron chi connectivity index (χ3n) is 5.22. The van der Waals surface area contributed by atoms with E-state index >= 15 is 0 Å². The summed E-state index contributed by atoms with van der Waals surface area (Å²) >= 11 is 0. The Morgan fingerprint density at radius 2 is 2.11 bits per heavy atom. The van der Waals surface area contributed by atoms with E-state index in [1.807, 2.05) is 0 Å². The molecule has 3 rings (SSSR count). The lowest BCUT2D eigenvalue weighted by molar-refractivity contribution is 0.0702. The minimum absolute atomic E-state index is 0.592. The molecule has 2 heteroatoms. The Morgan fingerprint density at radius 1 is 1.26 bits per heavy atom. The lowest BCUT2D eigenvalue weighted by Gasteiger charge is -2.42. The molecule has 3 atom stereocenters. The Hall–Kier alpha value is -0.860. The van der Waals surface area contributed by atoms with Crippen molar-refractivity contribution in [3.8, 4) is 0 Å². The number of likely N-dealkylation sites (tertiary alicyclic amines) is 1. The van der Waals surface area contributed by atoms with Crippen LogP contribution < -0.4 is 5.73 Å². The molecule has 0 aromatic heterocycles. The van der Waals surface area contributed by atoms with E-state index in [1.54, 1.807) is 11.1 Å². The van der Waals surface area contributed by atoms with Crippen molar-refractivity contribution in [1.29, 1.82) is 0 Å². The number of rotatable bonds is 3. The van der Waals surface area contributed by atoms with Crippen molar-refractivity contribution in [2.75, 3.05) is 13.1 Å². The van der Waals surface area contributed by atoms with Gasteiger partial charge in [0.05, 0.1) is 0 Å². The summed E-state index contributed by atoms with van der Waals surface area (Å²) < 4.78 is 0. The maximum absolute atomic E-state index is 6.06. The number of nitrogens with two attached hydrogens (primary N) is 1. The average Bonchev–Trinajstić information content (AvgIpc) is 2.90. The lowest BCUT2D eigenvalue weighted by Crippen LogP contribution is -2.47. The summed E-state index contributed by atoms with van der Waals surface area (Å²) in [7, 11) is 0. The van der Waals surface area contributed by atoms with Crippen molar-refractivity contribution in [1.82, 2.24) is 4.90 Å². The molecule has 1 aromatic carbocycles. The van der Waals surface area contributed by atoms with Crippen LogP contribution in [0, 0.1) is 5.92 Å². The Morgan fingerprint density at radius 3 is 2.89 bits per heavy atom. The van der Waals surface area contributed by atoms with Crippen molar-refractivity contribution < 1.29 is 0 Å². The highest BCUT2D eigenvalue weighted by molar-refractivity contribution is 5.34. The Kier molecular flexibility index (Phi) is 3.90. The number of fused-ring (bicyclic) bond motifs is 1. The van der Waals surface area contributed by atoms with Gasteiger partial charge in [0.1, 0.15) is 0 Å². The number of benzene rings is 1. The van der Waals surface area contributed by atoms with Crippen molar-refractivity contribution in [3.05, 3.63) is 35.4 Å². The van der Waals surface area contributed by atoms with E-state index in [1.165, 1.54) is 38.6 Å². The fraction of sp³-hybridized carbons (Fsp3) is 0.647. The molecule has 104 valence electrons. The molecule has 1 aromatic rings. The monoisotopic (exact) mass is 258 g/mol. The third-order valence-corrected chi connectivity index (χ3v) is 5.22. The van der Waals surface area contributed by atoms with E-state index in [0.29, 0.717) is 12.1 Å². The topological polar surface area (TPSA) is 29.3 Å². The molecule has 0 spiro atoms. The standard InChI is InChI=1S/C17H26N2/c1-2-13-9-10-19(15(11-13)12-18)17-8-7-14-5-3-4-6-16(14)17/h3-6,13,15,17H,2,7-12,18H2,1H3. The van der Waals surface area contributed by atoms with Crippen LogP contribution in [0.25, 0.3) is 0 Å². The highest BCUT2D eigenvalue weighted by Gasteiger charge is 2.35. The van der Waals surface area contributed by atoms with E-state index in [0.717, 1.165) is 12.5 Å². The van der Waals surface area contributed by atoms with Crippen molar-refractivity contribution in [3.63, 3.8) is 0 Å². The van der Waals surface area contributed by atoms with Crippen molar-refractivity contribution in [2.45, 2.75) is 51.1 Å². The zero-order chi connectivity index (χ0) is 13.2. The molecule has 0 radical (unpaired) electrons. The van der Waals surface area contributed by atoms with E-state index < -0.39 is 0 Å². The fourth-order valence-electron chi connectivity index (χ4n) is 4.04. The molecule has 0 amide bonds. The molecule has 1 heterocycles. The highest BCUT2D eigenvalue weighted by Crippen LogP contribution is 2.39. The number of aryl methyl sites for hydroxylation is 1. The Bertz CT molecular complexity index is 429. The van der Waals surface area contributed by atoms with Crippen LogP contribution >= 0.6 is 0 Å². The molecule has 1 saturated heterocycles. The van der Waals surface area contributed by atoms with Gasteiger partial charge in [-0.2, -0.15) is 0 Å². The van der Waals surface area contributed by atoms with Gasteiger partial charge in [-0.25, -0.2) is 0 Å². The van der Waals surface area contributed by atoms with Crippen LogP contribution in [0.3, 0.4) is 0 Å². The summed E-state index contributed by atoms with van der Waals surface area (Å²) in [6.45, 7) is 4.37. The lowest BCUT2D eigenvalue weighted by atomic mass is 9.87. The van der Waals surface area contributed by atoms with Gasteiger partial charge in [0.25, 0.3) is 0 Å². The first kappa shape index (κ1) is 13.1. The van der Waals surface area contributed by atoms with Gasteiger partial charge in [0, 0.05) is 18.6 Å². The largest absolute Gasteiger partial charge is 0.329 e. The molecule has 1 fully saturated rings. The molecular formula is C17H26N2. The molecule has 2 N–H and O–H groups in total. The smallest absolute Gasteiger partial charge is 0.0357 e. The van der Waals surface area contributed by atoms with Gasteiger partial charge in [0.2, 0.25) is 0 Å². The first-order valence-corrected chi connectivity index (χ1v) is 7.87. The zero-order valence-corrected chi connectivity index (χ0v) is 12.0. The number of hydrogen-bond donors (Lipinski definition) is 1. The predicted molar refractivity (Wildman–Crippen MR) is 80.1 cm³/mol. The zero-order valence-electron chi connectivity index (χ0n) is 12.0. The summed E-state index contributed by atoms with van der Waals surface area (Å²) in [5.74, 6) is 0.890. The summed E-state index contributed by atoms with van der Waals surface area (Å²) in [6, 6.07) is 10.2. The predicted octanol–water partition coefficient (Wildman–Crippen LogP) is 3.12. The molecular weight excluding hydrogens is 232 g/mol. The minimum atomic E-state index is 0.592. The van der Waals surface area contributed by atoms with Crippen LogP contribution in [0.4, 0.5) is 0 Å². The normalized spacial score (nSPS) is 31.4. The second-order valence-corrected chi connectivity index (χ2v) is 6.18. The maximum atomic E-state index is 6.06. The van der Waals surface area contributed by atoms with Crippen LogP contribution in [-0.2, 0) is 6.42 Å². The molecule has 2 aliphatic rings. The van der Waals surface area contributed by atoms with Gasteiger partial charge < -0.3 is 5.73 Å². The van der Waals surface area contributed by atoms with Crippen LogP contribution in [0.2, 0.25) is 0 Å². The summed E-state index contributed by atoms with van der Waals surface area (Å²) in [6.07, 6.45) is 6.49. The quantitative estimate of drug-likeness (QED) is 0.902. The summed E-state index contributed by atoms with van der Waals surface area (Å²) in [5, 5.41) is 0. The highest BCUT2D eigenvalue weighted by atomic mass is 15.2. The van der Waals surface area contributed by atoms with E-state index in [2.05, 4.69) is 36.1 Å². The number of piperidine rings is 1. The molecule has 2 nitrogen and oxygen atoms in total. The van der Waals surface area contributed by atoms with Gasteiger partial charge in [-0.15, -0.1) is 0 Å². The van der Waals surface area contributed by atoms with Gasteiger partial charge in [-0.3, -0.25) is 4.90 Å². The fourth-order valence-corrected chi connectivity index (χ4v) is 4.04. The second kappa shape index (κ2) is 5.64. The average molecular weight is 258 g/mol. The Labute approximate surface area is 117 Å². The van der Waals surface area contributed by atoms with Crippen LogP contribution in [0.1, 0.15) is 49.8 Å². The maximum Gasteiger partial charge on any atom is 0.0357 e. The molecule has 0 bridgehead atoms. The molecule has 0 saturated carbocycles. The molecule has 3 unspecified atom stereocenters. The first-order chi connectivity index (χ1) is 9.33. The SMILES string of the molecule is CCC1CCN(C2CCc3ccccc32)C(CN)C1. The van der Waals surface area contributed by atoms with Crippen molar-refractivity contribution >= 4 is 0 Å². The van der Waals surface area contributed by atoms with Gasteiger partial charge in [-0.1, -0.05) is 37.6 Å². The van der Waals surface area contributed by atoms with Gasteiger partial charge in [0.15, 0.2) is 0 Å². The first-order valence-electron chi connectivity index (χ1n) is 7.87. The molecule has 1 aliphatic heterocycles. The van der Waals surface area contributed by atoms with Crippen molar-refractivity contribution in [2.24, 2.45) is 11.7 Å². The summed E-state index contributed by atoms with van der Waals surface area (Å²) in [4.78, 5) is 2.71. The van der Waals surface area contributed by atoms with Crippen LogP contribution in [-0.4, -0.2) is 24.0 Å². The van der Waals surface area contributed by atoms with Crippen LogP contribution in [0.5, 0.6) is 0 Å². The number of hydrogen-bond acceptors (Lipinski definition) is 2. The Balaban J connectivity index is 1.79. The minimum Gasteiger partial charge on any atom is -0.329 e. The molecule has 1 aliphatic carbocycles. The van der Waals surface area contributed by atoms with E-state index in [4.69, 9.17) is 5.73 Å². The van der Waals surface area contributed by atoms with Gasteiger partial charge in [-0.05, 0) is 49.3 Å². The molecule has 19 heavy (non-hydrogen) atoms. The van der Waals surface area contributed by atoms with E-state index in [9.17, 15) is 0 Å². The second-order valence-electron chi connectivity index (χ2n) is 6.18. The van der Waals surface area contributed by atoms with E-state index in [-0.39, 0.29) is 0 Å².